The first kappa shape index (κ1) is 14.5. The van der Waals surface area contributed by atoms with E-state index in [1.807, 2.05) is 38.1 Å². The average Bonchev–Trinajstić information content (AvgIpc) is 2.43. The van der Waals surface area contributed by atoms with Crippen molar-refractivity contribution in [3.8, 4) is 0 Å². The summed E-state index contributed by atoms with van der Waals surface area (Å²) < 4.78 is 0. The molecule has 0 radical (unpaired) electrons. The van der Waals surface area contributed by atoms with Gasteiger partial charge in [0.25, 0.3) is 0 Å². The molecule has 1 N–H and O–H groups in total. The Morgan fingerprint density at radius 2 is 2.20 bits per heavy atom. The Morgan fingerprint density at radius 1 is 1.40 bits per heavy atom. The minimum Gasteiger partial charge on any atom is -0.326 e. The van der Waals surface area contributed by atoms with Crippen LogP contribution in [0.2, 0.25) is 5.02 Å². The molecule has 0 aliphatic carbocycles. The summed E-state index contributed by atoms with van der Waals surface area (Å²) in [5, 5.41) is 3.59. The zero-order valence-electron chi connectivity index (χ0n) is 11.6. The highest BCUT2D eigenvalue weighted by Gasteiger charge is 2.12. The number of nitrogens with zero attached hydrogens (tertiary/aromatic N) is 1. The van der Waals surface area contributed by atoms with E-state index in [1.165, 1.54) is 0 Å². The summed E-state index contributed by atoms with van der Waals surface area (Å²) in [6, 6.07) is 9.30. The van der Waals surface area contributed by atoms with Gasteiger partial charge in [0.15, 0.2) is 0 Å². The number of carbonyl (C=O) groups excluding carboxylic acids is 1. The van der Waals surface area contributed by atoms with Crippen LogP contribution in [0, 0.1) is 6.92 Å². The summed E-state index contributed by atoms with van der Waals surface area (Å²) >= 11 is 5.90. The summed E-state index contributed by atoms with van der Waals surface area (Å²) in [6.07, 6.45) is 3.95. The lowest BCUT2D eigenvalue weighted by Crippen LogP contribution is -2.15. The number of aromatic nitrogens is 1. The molecule has 0 spiro atoms. The van der Waals surface area contributed by atoms with Crippen molar-refractivity contribution in [2.45, 2.75) is 26.2 Å². The topological polar surface area (TPSA) is 42.0 Å². The summed E-state index contributed by atoms with van der Waals surface area (Å²) in [4.78, 5) is 16.1. The minimum atomic E-state index is -0.00762. The van der Waals surface area contributed by atoms with E-state index in [-0.39, 0.29) is 11.8 Å². The minimum absolute atomic E-state index is 0.00762. The van der Waals surface area contributed by atoms with E-state index in [0.717, 1.165) is 16.8 Å². The molecule has 3 nitrogen and oxygen atoms in total. The van der Waals surface area contributed by atoms with E-state index in [9.17, 15) is 4.79 Å². The van der Waals surface area contributed by atoms with Crippen LogP contribution in [0.4, 0.5) is 5.69 Å². The highest BCUT2D eigenvalue weighted by molar-refractivity contribution is 6.30. The number of rotatable bonds is 4. The van der Waals surface area contributed by atoms with Crippen LogP contribution >= 0.6 is 11.6 Å². The summed E-state index contributed by atoms with van der Waals surface area (Å²) in [5.41, 5.74) is 2.83. The molecule has 1 aromatic heterocycles. The van der Waals surface area contributed by atoms with Crippen molar-refractivity contribution in [2.24, 2.45) is 0 Å². The predicted molar refractivity (Wildman–Crippen MR) is 82.1 cm³/mol. The summed E-state index contributed by atoms with van der Waals surface area (Å²) in [7, 11) is 0. The smallest absolute Gasteiger partial charge is 0.224 e. The van der Waals surface area contributed by atoms with E-state index < -0.39 is 0 Å². The van der Waals surface area contributed by atoms with Gasteiger partial charge in [-0.15, -0.1) is 0 Å². The highest BCUT2D eigenvalue weighted by atomic mass is 35.5. The molecule has 20 heavy (non-hydrogen) atoms. The molecule has 1 amide bonds. The number of carbonyl (C=O) groups is 1. The van der Waals surface area contributed by atoms with Crippen molar-refractivity contribution in [1.29, 1.82) is 0 Å². The second-order valence-corrected chi connectivity index (χ2v) is 5.34. The van der Waals surface area contributed by atoms with Gasteiger partial charge in [-0.3, -0.25) is 9.78 Å². The van der Waals surface area contributed by atoms with E-state index in [0.29, 0.717) is 11.4 Å². The maximum absolute atomic E-state index is 12.1. The van der Waals surface area contributed by atoms with Crippen LogP contribution in [0.25, 0.3) is 0 Å². The monoisotopic (exact) mass is 288 g/mol. The lowest BCUT2D eigenvalue weighted by Gasteiger charge is -2.13. The highest BCUT2D eigenvalue weighted by Crippen LogP contribution is 2.22. The number of benzene rings is 1. The fraction of sp³-hybridized carbons (Fsp3) is 0.250. The largest absolute Gasteiger partial charge is 0.326 e. The van der Waals surface area contributed by atoms with Crippen LogP contribution in [0.15, 0.2) is 42.7 Å². The van der Waals surface area contributed by atoms with Gasteiger partial charge >= 0.3 is 0 Å². The van der Waals surface area contributed by atoms with Gasteiger partial charge in [-0.25, -0.2) is 0 Å². The maximum atomic E-state index is 12.1. The molecule has 1 atom stereocenters. The maximum Gasteiger partial charge on any atom is 0.224 e. The predicted octanol–water partition coefficient (Wildman–Crippen LogP) is 4.18. The standard InChI is InChI=1S/C16H17ClN2O/c1-11(13-4-3-7-18-10-13)9-16(20)19-15-6-5-14(17)8-12(15)2/h3-8,10-11H,9H2,1-2H3,(H,19,20). The molecule has 0 aliphatic heterocycles. The second kappa shape index (κ2) is 6.53. The molecule has 1 heterocycles. The van der Waals surface area contributed by atoms with Crippen LogP contribution in [-0.4, -0.2) is 10.9 Å². The first-order chi connectivity index (χ1) is 9.56. The number of pyridine rings is 1. The Bertz CT molecular complexity index is 599. The van der Waals surface area contributed by atoms with Gasteiger partial charge in [0, 0.05) is 29.5 Å². The molecule has 104 valence electrons. The van der Waals surface area contributed by atoms with E-state index in [1.54, 1.807) is 18.5 Å². The third kappa shape index (κ3) is 3.81. The second-order valence-electron chi connectivity index (χ2n) is 4.90. The number of anilines is 1. The lowest BCUT2D eigenvalue weighted by atomic mass is 9.99. The van der Waals surface area contributed by atoms with Gasteiger partial charge in [0.2, 0.25) is 5.91 Å². The van der Waals surface area contributed by atoms with Crippen molar-refractivity contribution in [1.82, 2.24) is 4.98 Å². The van der Waals surface area contributed by atoms with E-state index in [2.05, 4.69) is 10.3 Å². The molecular formula is C16H17ClN2O. The van der Waals surface area contributed by atoms with E-state index >= 15 is 0 Å². The van der Waals surface area contributed by atoms with Crippen LogP contribution in [0.5, 0.6) is 0 Å². The van der Waals surface area contributed by atoms with Gasteiger partial charge in [0.05, 0.1) is 0 Å². The van der Waals surface area contributed by atoms with Crippen LogP contribution < -0.4 is 5.32 Å². The summed E-state index contributed by atoms with van der Waals surface area (Å²) in [5.74, 6) is 0.128. The number of hydrogen-bond acceptors (Lipinski definition) is 2. The zero-order chi connectivity index (χ0) is 14.5. The fourth-order valence-corrected chi connectivity index (χ4v) is 2.26. The van der Waals surface area contributed by atoms with Crippen LogP contribution in [-0.2, 0) is 4.79 Å². The van der Waals surface area contributed by atoms with Gasteiger partial charge in [-0.2, -0.15) is 0 Å². The zero-order valence-corrected chi connectivity index (χ0v) is 12.3. The molecule has 0 fully saturated rings. The van der Waals surface area contributed by atoms with E-state index in [4.69, 9.17) is 11.6 Å². The molecule has 0 saturated heterocycles. The Balaban J connectivity index is 1.99. The Kier molecular flexibility index (Phi) is 4.74. The molecule has 1 aromatic carbocycles. The Labute approximate surface area is 124 Å². The van der Waals surface area contributed by atoms with Gasteiger partial charge in [0.1, 0.15) is 0 Å². The molecule has 4 heteroatoms. The van der Waals surface area contributed by atoms with Gasteiger partial charge in [-0.1, -0.05) is 24.6 Å². The molecule has 0 aliphatic rings. The van der Waals surface area contributed by atoms with Crippen molar-refractivity contribution in [3.63, 3.8) is 0 Å². The third-order valence-electron chi connectivity index (χ3n) is 3.21. The number of hydrogen-bond donors (Lipinski definition) is 1. The lowest BCUT2D eigenvalue weighted by molar-refractivity contribution is -0.116. The first-order valence-corrected chi connectivity index (χ1v) is 6.90. The Hall–Kier alpha value is -1.87. The number of halogens is 1. The molecule has 2 rings (SSSR count). The normalized spacial score (nSPS) is 11.9. The number of aryl methyl sites for hydroxylation is 1. The number of amides is 1. The van der Waals surface area contributed by atoms with Crippen molar-refractivity contribution >= 4 is 23.2 Å². The van der Waals surface area contributed by atoms with Crippen LogP contribution in [0.3, 0.4) is 0 Å². The van der Waals surface area contributed by atoms with Crippen molar-refractivity contribution < 1.29 is 4.79 Å². The molecule has 2 aromatic rings. The van der Waals surface area contributed by atoms with Gasteiger partial charge < -0.3 is 5.32 Å². The summed E-state index contributed by atoms with van der Waals surface area (Å²) in [6.45, 7) is 3.94. The van der Waals surface area contributed by atoms with Crippen molar-refractivity contribution in [2.75, 3.05) is 5.32 Å². The SMILES string of the molecule is Cc1cc(Cl)ccc1NC(=O)CC(C)c1cccnc1. The molecular weight excluding hydrogens is 272 g/mol. The quantitative estimate of drug-likeness (QED) is 0.917. The first-order valence-electron chi connectivity index (χ1n) is 6.52. The average molecular weight is 289 g/mol. The third-order valence-corrected chi connectivity index (χ3v) is 3.44. The Morgan fingerprint density at radius 3 is 2.85 bits per heavy atom. The van der Waals surface area contributed by atoms with Gasteiger partial charge in [-0.05, 0) is 48.2 Å². The van der Waals surface area contributed by atoms with Crippen LogP contribution in [0.1, 0.15) is 30.4 Å². The van der Waals surface area contributed by atoms with Crippen molar-refractivity contribution in [3.05, 3.63) is 58.9 Å². The molecule has 1 unspecified atom stereocenters. The molecule has 0 bridgehead atoms. The fourth-order valence-electron chi connectivity index (χ4n) is 2.03. The number of nitrogens with one attached hydrogen (secondary N) is 1. The molecule has 0 saturated carbocycles.